The molecule has 1 heterocycles. The van der Waals surface area contributed by atoms with Gasteiger partial charge in [0.1, 0.15) is 0 Å². The second-order valence-corrected chi connectivity index (χ2v) is 5.33. The number of benzene rings is 1. The quantitative estimate of drug-likeness (QED) is 0.778. The Balaban J connectivity index is 2.56. The zero-order valence-electron chi connectivity index (χ0n) is 9.77. The molecule has 1 aliphatic heterocycles. The molecule has 1 aromatic carbocycles. The monoisotopic (exact) mass is 317 g/mol. The van der Waals surface area contributed by atoms with Gasteiger partial charge in [-0.15, -0.1) is 11.8 Å². The smallest absolute Gasteiger partial charge is 0.383 e. The molecule has 9 heteroatoms. The SMILES string of the molecule is OC(c1ccc2c(c1)SCCN2)(C(F)(F)F)C(F)(F)F. The third-order valence-corrected chi connectivity index (χ3v) is 3.95. The van der Waals surface area contributed by atoms with Crippen LogP contribution < -0.4 is 5.32 Å². The molecule has 2 nitrogen and oxygen atoms in total. The van der Waals surface area contributed by atoms with Crippen molar-refractivity contribution < 1.29 is 31.4 Å². The van der Waals surface area contributed by atoms with Crippen molar-refractivity contribution in [3.63, 3.8) is 0 Å². The van der Waals surface area contributed by atoms with Crippen molar-refractivity contribution in [3.05, 3.63) is 23.8 Å². The van der Waals surface area contributed by atoms with Crippen LogP contribution in [0.3, 0.4) is 0 Å². The molecule has 2 rings (SSSR count). The van der Waals surface area contributed by atoms with Crippen LogP contribution >= 0.6 is 11.8 Å². The highest BCUT2D eigenvalue weighted by molar-refractivity contribution is 7.99. The van der Waals surface area contributed by atoms with Gasteiger partial charge in [-0.1, -0.05) is 6.07 Å². The van der Waals surface area contributed by atoms with Crippen LogP contribution in [-0.4, -0.2) is 29.8 Å². The number of hydrogen-bond donors (Lipinski definition) is 2. The van der Waals surface area contributed by atoms with Gasteiger partial charge in [-0.05, 0) is 12.1 Å². The molecule has 0 spiro atoms. The summed E-state index contributed by atoms with van der Waals surface area (Å²) in [6, 6.07) is 2.48. The van der Waals surface area contributed by atoms with E-state index in [4.69, 9.17) is 0 Å². The summed E-state index contributed by atoms with van der Waals surface area (Å²) >= 11 is 1.13. The zero-order valence-corrected chi connectivity index (χ0v) is 10.6. The van der Waals surface area contributed by atoms with Gasteiger partial charge >= 0.3 is 12.4 Å². The molecule has 0 aliphatic carbocycles. The Morgan fingerprint density at radius 1 is 1.05 bits per heavy atom. The normalized spacial score (nSPS) is 16.6. The number of halogens is 6. The van der Waals surface area contributed by atoms with E-state index in [0.717, 1.165) is 23.9 Å². The molecule has 1 aromatic rings. The minimum Gasteiger partial charge on any atom is -0.383 e. The summed E-state index contributed by atoms with van der Waals surface area (Å²) in [5, 5.41) is 12.1. The maximum atomic E-state index is 12.7. The van der Waals surface area contributed by atoms with Crippen molar-refractivity contribution in [1.82, 2.24) is 0 Å². The minimum atomic E-state index is -5.85. The number of nitrogens with one attached hydrogen (secondary N) is 1. The topological polar surface area (TPSA) is 32.3 Å². The van der Waals surface area contributed by atoms with Crippen molar-refractivity contribution in [1.29, 1.82) is 0 Å². The second kappa shape index (κ2) is 4.73. The van der Waals surface area contributed by atoms with E-state index in [1.807, 2.05) is 0 Å². The van der Waals surface area contributed by atoms with Crippen LogP contribution in [-0.2, 0) is 5.60 Å². The van der Waals surface area contributed by atoms with E-state index in [2.05, 4.69) is 5.32 Å². The van der Waals surface area contributed by atoms with E-state index in [-0.39, 0.29) is 4.90 Å². The molecule has 0 saturated carbocycles. The van der Waals surface area contributed by atoms with Gasteiger partial charge in [-0.2, -0.15) is 26.3 Å². The largest absolute Gasteiger partial charge is 0.430 e. The van der Waals surface area contributed by atoms with E-state index in [0.29, 0.717) is 24.1 Å². The van der Waals surface area contributed by atoms with Gasteiger partial charge in [0, 0.05) is 28.4 Å². The molecular formula is C11H9F6NOS. The molecule has 2 N–H and O–H groups in total. The Labute approximate surface area is 114 Å². The first-order valence-electron chi connectivity index (χ1n) is 5.44. The Hall–Kier alpha value is -1.09. The highest BCUT2D eigenvalue weighted by Crippen LogP contribution is 2.51. The number of anilines is 1. The summed E-state index contributed by atoms with van der Waals surface area (Å²) in [5.74, 6) is 0.521. The van der Waals surface area contributed by atoms with Crippen molar-refractivity contribution >= 4 is 17.4 Å². The van der Waals surface area contributed by atoms with E-state index in [1.54, 1.807) is 0 Å². The van der Waals surface area contributed by atoms with Crippen molar-refractivity contribution in [2.75, 3.05) is 17.6 Å². The number of alkyl halides is 6. The van der Waals surface area contributed by atoms with Gasteiger partial charge in [0.25, 0.3) is 5.60 Å². The van der Waals surface area contributed by atoms with Crippen LogP contribution in [0.2, 0.25) is 0 Å². The third kappa shape index (κ3) is 2.32. The molecule has 1 aliphatic rings. The van der Waals surface area contributed by atoms with E-state index in [1.165, 1.54) is 0 Å². The fraction of sp³-hybridized carbons (Fsp3) is 0.455. The number of fused-ring (bicyclic) bond motifs is 1. The van der Waals surface area contributed by atoms with Crippen LogP contribution in [0.25, 0.3) is 0 Å². The Morgan fingerprint density at radius 3 is 2.20 bits per heavy atom. The summed E-state index contributed by atoms with van der Waals surface area (Å²) < 4.78 is 76.4. The van der Waals surface area contributed by atoms with Gasteiger partial charge in [0.2, 0.25) is 0 Å². The van der Waals surface area contributed by atoms with E-state index >= 15 is 0 Å². The molecule has 0 saturated heterocycles. The highest BCUT2D eigenvalue weighted by atomic mass is 32.2. The summed E-state index contributed by atoms with van der Waals surface area (Å²) in [6.07, 6.45) is -11.7. The standard InChI is InChI=1S/C11H9F6NOS/c12-10(13,14)9(19,11(15,16)17)6-1-2-7-8(5-6)20-4-3-18-7/h1-2,5,18-19H,3-4H2. The lowest BCUT2D eigenvalue weighted by molar-refractivity contribution is -0.376. The molecule has 0 bridgehead atoms. The first-order valence-corrected chi connectivity index (χ1v) is 6.43. The van der Waals surface area contributed by atoms with Gasteiger partial charge < -0.3 is 10.4 Å². The van der Waals surface area contributed by atoms with Crippen LogP contribution in [0, 0.1) is 0 Å². The van der Waals surface area contributed by atoms with Crippen LogP contribution in [0.4, 0.5) is 32.0 Å². The number of thioether (sulfide) groups is 1. The Morgan fingerprint density at radius 2 is 1.65 bits per heavy atom. The van der Waals surface area contributed by atoms with Gasteiger partial charge in [-0.25, -0.2) is 0 Å². The highest BCUT2D eigenvalue weighted by Gasteiger charge is 2.71. The molecule has 112 valence electrons. The number of rotatable bonds is 1. The van der Waals surface area contributed by atoms with Crippen LogP contribution in [0.1, 0.15) is 5.56 Å². The molecule has 0 fully saturated rings. The molecule has 0 radical (unpaired) electrons. The lowest BCUT2D eigenvalue weighted by Crippen LogP contribution is -2.53. The van der Waals surface area contributed by atoms with Gasteiger partial charge in [-0.3, -0.25) is 0 Å². The Bertz CT molecular complexity index is 499. The third-order valence-electron chi connectivity index (χ3n) is 2.89. The van der Waals surface area contributed by atoms with E-state index in [9.17, 15) is 31.4 Å². The summed E-state index contributed by atoms with van der Waals surface area (Å²) in [7, 11) is 0. The van der Waals surface area contributed by atoms with Gasteiger partial charge in [0.05, 0.1) is 0 Å². The molecule has 0 unspecified atom stereocenters. The maximum Gasteiger partial charge on any atom is 0.430 e. The average molecular weight is 317 g/mol. The predicted octanol–water partition coefficient (Wildman–Crippen LogP) is 3.52. The number of aliphatic hydroxyl groups is 1. The van der Waals surface area contributed by atoms with Crippen molar-refractivity contribution in [3.8, 4) is 0 Å². The van der Waals surface area contributed by atoms with Crippen molar-refractivity contribution in [2.24, 2.45) is 0 Å². The molecular weight excluding hydrogens is 308 g/mol. The molecule has 0 aromatic heterocycles. The van der Waals surface area contributed by atoms with E-state index < -0.39 is 23.5 Å². The lowest BCUT2D eigenvalue weighted by Gasteiger charge is -2.33. The first kappa shape index (κ1) is 15.3. The molecule has 0 atom stereocenters. The number of hydrogen-bond acceptors (Lipinski definition) is 3. The maximum absolute atomic E-state index is 12.7. The molecule has 20 heavy (non-hydrogen) atoms. The summed E-state index contributed by atoms with van der Waals surface area (Å²) in [5.41, 5.74) is -5.64. The van der Waals surface area contributed by atoms with Crippen LogP contribution in [0.5, 0.6) is 0 Å². The van der Waals surface area contributed by atoms with Gasteiger partial charge in [0.15, 0.2) is 0 Å². The second-order valence-electron chi connectivity index (χ2n) is 4.19. The minimum absolute atomic E-state index is 0.251. The van der Waals surface area contributed by atoms with Crippen molar-refractivity contribution in [2.45, 2.75) is 22.8 Å². The summed E-state index contributed by atoms with van der Waals surface area (Å²) in [4.78, 5) is 0.251. The zero-order chi connectivity index (χ0) is 15.2. The predicted molar refractivity (Wildman–Crippen MR) is 61.7 cm³/mol. The summed E-state index contributed by atoms with van der Waals surface area (Å²) in [6.45, 7) is 0.569. The lowest BCUT2D eigenvalue weighted by atomic mass is 9.92. The fourth-order valence-corrected chi connectivity index (χ4v) is 2.78. The average Bonchev–Trinajstić information content (AvgIpc) is 2.34. The Kier molecular flexibility index (Phi) is 3.62. The van der Waals surface area contributed by atoms with Crippen LogP contribution in [0.15, 0.2) is 23.1 Å². The first-order chi connectivity index (χ1) is 9.07. The fourth-order valence-electron chi connectivity index (χ4n) is 1.85. The molecule has 0 amide bonds.